The Labute approximate surface area is 245 Å². The van der Waals surface area contributed by atoms with E-state index in [4.69, 9.17) is 9.31 Å². The van der Waals surface area contributed by atoms with Crippen molar-refractivity contribution in [1.29, 1.82) is 0 Å². The summed E-state index contributed by atoms with van der Waals surface area (Å²) in [5.74, 6) is 0.211. The van der Waals surface area contributed by atoms with Gasteiger partial charge in [0.15, 0.2) is 0 Å². The van der Waals surface area contributed by atoms with Gasteiger partial charge in [-0.05, 0) is 50.8 Å². The van der Waals surface area contributed by atoms with E-state index in [1.54, 1.807) is 0 Å². The molecule has 1 saturated heterocycles. The third kappa shape index (κ3) is 6.82. The summed E-state index contributed by atoms with van der Waals surface area (Å²) in [6, 6.07) is 36.8. The quantitative estimate of drug-likeness (QED) is 0.197. The lowest BCUT2D eigenvalue weighted by atomic mass is 9.68. The summed E-state index contributed by atoms with van der Waals surface area (Å²) in [4.78, 5) is 2.81. The Morgan fingerprint density at radius 1 is 0.625 bits per heavy atom. The third-order valence-corrected chi connectivity index (χ3v) is 16.2. The van der Waals surface area contributed by atoms with Gasteiger partial charge >= 0.3 is 7.12 Å². The molecule has 1 aliphatic heterocycles. The van der Waals surface area contributed by atoms with Crippen molar-refractivity contribution < 1.29 is 9.31 Å². The van der Waals surface area contributed by atoms with Gasteiger partial charge < -0.3 is 9.31 Å². The standard InChI is InChI=1S/C35H50BNO2Si/c1-8-40(9-2,10-3)33(37(27-30-22-16-12-17-23-30)28-31-24-18-13-19-25-31)32(26-29-20-14-11-15-21-29)36-38-34(4,5)35(6,7)39-36/h11-25,32-33H,8-10,26-28H2,1-7H3. The van der Waals surface area contributed by atoms with Gasteiger partial charge in [0.25, 0.3) is 0 Å². The maximum Gasteiger partial charge on any atom is 0.462 e. The molecule has 5 heteroatoms. The summed E-state index contributed by atoms with van der Waals surface area (Å²) in [5.41, 5.74) is 3.73. The fourth-order valence-electron chi connectivity index (χ4n) is 6.68. The van der Waals surface area contributed by atoms with E-state index >= 15 is 0 Å². The summed E-state index contributed by atoms with van der Waals surface area (Å²) in [5, 5.41) is 0. The van der Waals surface area contributed by atoms with E-state index in [0.717, 1.165) is 19.5 Å². The summed E-state index contributed by atoms with van der Waals surface area (Å²) >= 11 is 0. The van der Waals surface area contributed by atoms with Gasteiger partial charge in [0.2, 0.25) is 0 Å². The molecule has 0 aliphatic carbocycles. The van der Waals surface area contributed by atoms with Crippen LogP contribution in [0.3, 0.4) is 0 Å². The Hall–Kier alpha value is -2.18. The topological polar surface area (TPSA) is 21.7 Å². The highest BCUT2D eigenvalue weighted by Crippen LogP contribution is 2.46. The molecule has 214 valence electrons. The van der Waals surface area contributed by atoms with Crippen molar-refractivity contribution in [2.24, 2.45) is 0 Å². The molecule has 1 fully saturated rings. The van der Waals surface area contributed by atoms with Gasteiger partial charge in [-0.1, -0.05) is 130 Å². The number of rotatable bonds is 13. The van der Waals surface area contributed by atoms with Crippen molar-refractivity contribution in [3.05, 3.63) is 108 Å². The highest BCUT2D eigenvalue weighted by atomic mass is 28.3. The predicted molar refractivity (Wildman–Crippen MR) is 173 cm³/mol. The van der Waals surface area contributed by atoms with Crippen LogP contribution in [0.4, 0.5) is 0 Å². The summed E-state index contributed by atoms with van der Waals surface area (Å²) in [6.07, 6.45) is 0.942. The second-order valence-electron chi connectivity index (χ2n) is 12.7. The zero-order chi connectivity index (χ0) is 28.8. The molecule has 0 saturated carbocycles. The number of hydrogen-bond donors (Lipinski definition) is 0. The number of benzene rings is 3. The normalized spacial score (nSPS) is 18.1. The van der Waals surface area contributed by atoms with Gasteiger partial charge in [-0.25, -0.2) is 0 Å². The molecule has 0 spiro atoms. The van der Waals surface area contributed by atoms with Crippen molar-refractivity contribution in [2.45, 2.75) is 109 Å². The first-order valence-electron chi connectivity index (χ1n) is 15.4. The average molecular weight is 556 g/mol. The van der Waals surface area contributed by atoms with E-state index in [1.165, 1.54) is 34.8 Å². The maximum atomic E-state index is 6.93. The second kappa shape index (κ2) is 13.2. The fraction of sp³-hybridized carbons (Fsp3) is 0.486. The summed E-state index contributed by atoms with van der Waals surface area (Å²) in [7, 11) is -2.09. The molecular formula is C35H50BNO2Si. The van der Waals surface area contributed by atoms with E-state index in [9.17, 15) is 0 Å². The molecule has 0 aromatic heterocycles. The second-order valence-corrected chi connectivity index (χ2v) is 18.2. The van der Waals surface area contributed by atoms with Crippen LogP contribution in [-0.2, 0) is 28.8 Å². The van der Waals surface area contributed by atoms with Crippen LogP contribution >= 0.6 is 0 Å². The highest BCUT2D eigenvalue weighted by molar-refractivity contribution is 6.82. The van der Waals surface area contributed by atoms with Crippen molar-refractivity contribution in [1.82, 2.24) is 4.90 Å². The average Bonchev–Trinajstić information content (AvgIpc) is 3.18. The Kier molecular flexibility index (Phi) is 10.2. The van der Waals surface area contributed by atoms with Gasteiger partial charge in [-0.15, -0.1) is 0 Å². The number of hydrogen-bond acceptors (Lipinski definition) is 3. The minimum atomic E-state index is -1.83. The van der Waals surface area contributed by atoms with Gasteiger partial charge in [0, 0.05) is 24.6 Å². The lowest BCUT2D eigenvalue weighted by molar-refractivity contribution is 0.00578. The molecule has 0 amide bonds. The van der Waals surface area contributed by atoms with Crippen molar-refractivity contribution in [2.75, 3.05) is 0 Å². The van der Waals surface area contributed by atoms with E-state index in [-0.39, 0.29) is 24.1 Å². The largest absolute Gasteiger partial charge is 0.462 e. The summed E-state index contributed by atoms with van der Waals surface area (Å²) in [6.45, 7) is 17.9. The lowest BCUT2D eigenvalue weighted by Gasteiger charge is -2.49. The first-order chi connectivity index (χ1) is 19.1. The predicted octanol–water partition coefficient (Wildman–Crippen LogP) is 8.81. The fourth-order valence-corrected chi connectivity index (χ4v) is 11.6. The van der Waals surface area contributed by atoms with Gasteiger partial charge in [-0.2, -0.15) is 0 Å². The van der Waals surface area contributed by atoms with Crippen LogP contribution in [0, 0.1) is 0 Å². The third-order valence-electron chi connectivity index (χ3n) is 9.93. The van der Waals surface area contributed by atoms with Crippen LogP contribution in [0.15, 0.2) is 91.0 Å². The van der Waals surface area contributed by atoms with Gasteiger partial charge in [0.05, 0.1) is 19.3 Å². The Morgan fingerprint density at radius 2 is 1.00 bits per heavy atom. The Bertz CT molecular complexity index is 1100. The SMILES string of the molecule is CC[Si](CC)(CC)C(C(Cc1ccccc1)B1OC(C)(C)C(C)(C)O1)N(Cc1ccccc1)Cc1ccccc1. The lowest BCUT2D eigenvalue weighted by Crippen LogP contribution is -2.60. The van der Waals surface area contributed by atoms with Gasteiger partial charge in [-0.3, -0.25) is 4.90 Å². The minimum Gasteiger partial charge on any atom is -0.403 e. The van der Waals surface area contributed by atoms with Crippen molar-refractivity contribution >= 4 is 15.2 Å². The molecule has 0 N–H and O–H groups in total. The minimum absolute atomic E-state index is 0.211. The Balaban J connectivity index is 1.88. The first-order valence-corrected chi connectivity index (χ1v) is 18.1. The molecule has 4 rings (SSSR count). The van der Waals surface area contributed by atoms with Crippen molar-refractivity contribution in [3.8, 4) is 0 Å². The molecule has 2 unspecified atom stereocenters. The zero-order valence-corrected chi connectivity index (χ0v) is 26.9. The van der Waals surface area contributed by atoms with E-state index in [2.05, 4.69) is 144 Å². The number of nitrogens with zero attached hydrogens (tertiary/aromatic N) is 1. The van der Waals surface area contributed by atoms with Crippen LogP contribution in [-0.4, -0.2) is 37.0 Å². The van der Waals surface area contributed by atoms with E-state index in [1.807, 2.05) is 0 Å². The molecule has 3 nitrogen and oxygen atoms in total. The maximum absolute atomic E-state index is 6.93. The smallest absolute Gasteiger partial charge is 0.403 e. The molecule has 0 bridgehead atoms. The molecule has 1 heterocycles. The van der Waals surface area contributed by atoms with E-state index < -0.39 is 8.07 Å². The van der Waals surface area contributed by atoms with Crippen molar-refractivity contribution in [3.63, 3.8) is 0 Å². The van der Waals surface area contributed by atoms with Crippen LogP contribution in [0.5, 0.6) is 0 Å². The van der Waals surface area contributed by atoms with Crippen LogP contribution in [0.2, 0.25) is 23.9 Å². The molecular weight excluding hydrogens is 505 g/mol. The molecule has 3 aromatic rings. The van der Waals surface area contributed by atoms with Crippen LogP contribution in [0.1, 0.15) is 65.2 Å². The zero-order valence-electron chi connectivity index (χ0n) is 25.9. The monoisotopic (exact) mass is 555 g/mol. The molecule has 40 heavy (non-hydrogen) atoms. The molecule has 2 atom stereocenters. The highest BCUT2D eigenvalue weighted by Gasteiger charge is 2.58. The van der Waals surface area contributed by atoms with E-state index in [0.29, 0.717) is 5.67 Å². The molecule has 0 radical (unpaired) electrons. The Morgan fingerprint density at radius 3 is 1.38 bits per heavy atom. The van der Waals surface area contributed by atoms with Gasteiger partial charge in [0.1, 0.15) is 0 Å². The summed E-state index contributed by atoms with van der Waals surface area (Å²) < 4.78 is 13.9. The van der Waals surface area contributed by atoms with Crippen LogP contribution < -0.4 is 0 Å². The first kappa shape index (κ1) is 30.8. The van der Waals surface area contributed by atoms with Crippen LogP contribution in [0.25, 0.3) is 0 Å². The molecule has 1 aliphatic rings. The molecule has 3 aromatic carbocycles.